The Morgan fingerprint density at radius 3 is 2.41 bits per heavy atom. The number of Topliss-reactive ketones (excluding diaryl/α,β-unsaturated/α-hetero) is 1. The van der Waals surface area contributed by atoms with E-state index < -0.39 is 11.7 Å². The molecule has 0 aliphatic heterocycles. The summed E-state index contributed by atoms with van der Waals surface area (Å²) in [4.78, 5) is 18.0. The van der Waals surface area contributed by atoms with Crippen molar-refractivity contribution >= 4 is 5.78 Å². The number of nitrogens with zero attached hydrogens (tertiary/aromatic N) is 1. The normalized spacial score (nSPS) is 26.1. The lowest BCUT2D eigenvalue weighted by Crippen LogP contribution is -2.25. The number of pyridine rings is 1. The molecule has 0 amide bonds. The maximum atomic E-state index is 13.5. The van der Waals surface area contributed by atoms with E-state index in [-0.39, 0.29) is 24.2 Å². The van der Waals surface area contributed by atoms with Crippen molar-refractivity contribution in [3.05, 3.63) is 75.3 Å². The van der Waals surface area contributed by atoms with Gasteiger partial charge in [0.1, 0.15) is 5.69 Å². The molecule has 3 nitrogen and oxygen atoms in total. The van der Waals surface area contributed by atoms with E-state index in [1.807, 2.05) is 6.92 Å². The Kier molecular flexibility index (Phi) is 8.45. The van der Waals surface area contributed by atoms with Crippen LogP contribution < -0.4 is 5.32 Å². The van der Waals surface area contributed by atoms with Crippen LogP contribution >= 0.6 is 0 Å². The summed E-state index contributed by atoms with van der Waals surface area (Å²) >= 11 is 0. The Labute approximate surface area is 219 Å². The highest BCUT2D eigenvalue weighted by Crippen LogP contribution is 2.46. The number of carbonyl (C=O) groups excluding carboxylic acids is 1. The van der Waals surface area contributed by atoms with Crippen LogP contribution in [-0.4, -0.2) is 23.5 Å². The minimum atomic E-state index is -4.38. The van der Waals surface area contributed by atoms with Crippen molar-refractivity contribution in [3.8, 4) is 0 Å². The predicted molar refractivity (Wildman–Crippen MR) is 142 cm³/mol. The van der Waals surface area contributed by atoms with Crippen molar-refractivity contribution < 1.29 is 18.0 Å². The topological polar surface area (TPSA) is 42.0 Å². The van der Waals surface area contributed by atoms with Gasteiger partial charge in [-0.1, -0.05) is 42.7 Å². The summed E-state index contributed by atoms with van der Waals surface area (Å²) in [7, 11) is 0. The highest BCUT2D eigenvalue weighted by Gasteiger charge is 2.40. The number of rotatable bonds is 7. The van der Waals surface area contributed by atoms with Crippen LogP contribution in [0.2, 0.25) is 0 Å². The van der Waals surface area contributed by atoms with Crippen LogP contribution in [0.25, 0.3) is 0 Å². The third-order valence-electron chi connectivity index (χ3n) is 8.27. The van der Waals surface area contributed by atoms with E-state index in [4.69, 9.17) is 0 Å². The van der Waals surface area contributed by atoms with Crippen LogP contribution in [-0.2, 0) is 0 Å². The molecule has 3 aliphatic carbocycles. The van der Waals surface area contributed by atoms with Crippen molar-refractivity contribution in [2.24, 2.45) is 11.8 Å². The summed E-state index contributed by atoms with van der Waals surface area (Å²) in [6.45, 7) is 7.82. The molecule has 0 spiro atoms. The number of alkyl halides is 3. The zero-order chi connectivity index (χ0) is 26.7. The fourth-order valence-electron chi connectivity index (χ4n) is 5.69. The van der Waals surface area contributed by atoms with Gasteiger partial charge in [0.25, 0.3) is 0 Å². The van der Waals surface area contributed by atoms with Gasteiger partial charge in [-0.3, -0.25) is 9.78 Å². The molecule has 200 valence electrons. The molecule has 6 heteroatoms. The number of hydrogen-bond donors (Lipinski definition) is 1. The fourth-order valence-corrected chi connectivity index (χ4v) is 5.69. The molecule has 0 aromatic carbocycles. The zero-order valence-electron chi connectivity index (χ0n) is 22.5. The third kappa shape index (κ3) is 6.63. The van der Waals surface area contributed by atoms with Crippen molar-refractivity contribution in [2.75, 3.05) is 6.54 Å². The maximum absolute atomic E-state index is 13.5. The first kappa shape index (κ1) is 27.4. The average molecular weight is 513 g/mol. The molecule has 3 aliphatic rings. The lowest BCUT2D eigenvalue weighted by atomic mass is 9.78. The Bertz CT molecular complexity index is 1150. The number of carbonyl (C=O) groups is 1. The molecule has 37 heavy (non-hydrogen) atoms. The first-order valence-corrected chi connectivity index (χ1v) is 13.7. The number of allylic oxidation sites excluding steroid dienone is 7. The maximum Gasteiger partial charge on any atom is 0.416 e. The fraction of sp³-hybridized carbons (Fsp3) is 0.548. The number of nitrogens with one attached hydrogen (secondary N) is 1. The lowest BCUT2D eigenvalue weighted by Gasteiger charge is -2.27. The van der Waals surface area contributed by atoms with Gasteiger partial charge in [0, 0.05) is 11.9 Å². The molecule has 4 rings (SSSR count). The molecule has 0 radical (unpaired) electrons. The number of aromatic nitrogens is 1. The van der Waals surface area contributed by atoms with Gasteiger partial charge in [0.15, 0.2) is 5.78 Å². The predicted octanol–water partition coefficient (Wildman–Crippen LogP) is 8.30. The van der Waals surface area contributed by atoms with Gasteiger partial charge in [0.2, 0.25) is 0 Å². The summed E-state index contributed by atoms with van der Waals surface area (Å²) in [6, 6.07) is 2.12. The summed E-state index contributed by atoms with van der Waals surface area (Å²) in [5, 5.41) is 3.04. The second-order valence-electron chi connectivity index (χ2n) is 11.1. The van der Waals surface area contributed by atoms with Crippen LogP contribution in [0.3, 0.4) is 0 Å². The molecule has 0 bridgehead atoms. The van der Waals surface area contributed by atoms with E-state index in [9.17, 15) is 18.0 Å². The third-order valence-corrected chi connectivity index (χ3v) is 8.27. The Hall–Kier alpha value is -2.63. The van der Waals surface area contributed by atoms with E-state index in [1.165, 1.54) is 31.8 Å². The lowest BCUT2D eigenvalue weighted by molar-refractivity contribution is -0.0886. The van der Waals surface area contributed by atoms with Crippen molar-refractivity contribution in [2.45, 2.75) is 91.2 Å². The molecule has 1 aromatic rings. The van der Waals surface area contributed by atoms with Gasteiger partial charge in [-0.05, 0) is 106 Å². The summed E-state index contributed by atoms with van der Waals surface area (Å²) in [5.74, 6) is 0.540. The molecule has 0 saturated heterocycles. The summed E-state index contributed by atoms with van der Waals surface area (Å²) in [5.41, 5.74) is 6.09. The van der Waals surface area contributed by atoms with Gasteiger partial charge in [0.05, 0.1) is 12.1 Å². The SMILES string of the molecule is C\C=C(/C=C\C(=C1/C[C@@H]1C)C(F)(F)F)NCC(=O)c1ncc(C)cc1C1CC(=C2CCC2)CCCC1C. The molecule has 3 fully saturated rings. The van der Waals surface area contributed by atoms with Gasteiger partial charge < -0.3 is 5.32 Å². The molecule has 3 saturated carbocycles. The van der Waals surface area contributed by atoms with Gasteiger partial charge in [-0.25, -0.2) is 0 Å². The van der Waals surface area contributed by atoms with Crippen LogP contribution in [0.1, 0.15) is 99.7 Å². The number of halogens is 3. The summed E-state index contributed by atoms with van der Waals surface area (Å²) in [6.07, 6.45) is 10.2. The van der Waals surface area contributed by atoms with E-state index in [2.05, 4.69) is 23.3 Å². The average Bonchev–Trinajstić information content (AvgIpc) is 3.55. The highest BCUT2D eigenvalue weighted by atomic mass is 19.4. The monoisotopic (exact) mass is 512 g/mol. The van der Waals surface area contributed by atoms with Crippen LogP contribution in [0.15, 0.2) is 58.5 Å². The zero-order valence-corrected chi connectivity index (χ0v) is 22.5. The van der Waals surface area contributed by atoms with Crippen LogP contribution in [0.4, 0.5) is 13.2 Å². The Balaban J connectivity index is 1.51. The van der Waals surface area contributed by atoms with Crippen LogP contribution in [0.5, 0.6) is 0 Å². The van der Waals surface area contributed by atoms with Crippen molar-refractivity contribution in [1.82, 2.24) is 10.3 Å². The van der Waals surface area contributed by atoms with Gasteiger partial charge in [-0.2, -0.15) is 13.2 Å². The Morgan fingerprint density at radius 2 is 1.81 bits per heavy atom. The van der Waals surface area contributed by atoms with Crippen molar-refractivity contribution in [1.29, 1.82) is 0 Å². The van der Waals surface area contributed by atoms with E-state index in [0.717, 1.165) is 36.5 Å². The molecule has 3 atom stereocenters. The second kappa shape index (κ2) is 11.4. The van der Waals surface area contributed by atoms with Crippen LogP contribution in [0, 0.1) is 18.8 Å². The van der Waals surface area contributed by atoms with Gasteiger partial charge in [-0.15, -0.1) is 0 Å². The standard InChI is InChI=1S/C31H39F3N2O/c1-5-24(12-13-28(31(32,33)34)26-15-21(26)4)35-18-29(37)30-27(14-19(2)17-36-30)25-16-23(22-9-7-10-22)11-6-8-20(25)3/h5,12-14,17,20-21,25,35H,6-11,15-16,18H2,1-4H3/b13-12-,24-5+,28-26-/t20?,21-,25?/m0/s1. The smallest absolute Gasteiger partial charge is 0.378 e. The molecular weight excluding hydrogens is 473 g/mol. The van der Waals surface area contributed by atoms with E-state index in [0.29, 0.717) is 29.3 Å². The highest BCUT2D eigenvalue weighted by molar-refractivity contribution is 5.97. The second-order valence-corrected chi connectivity index (χ2v) is 11.1. The minimum Gasteiger partial charge on any atom is -0.378 e. The molecule has 2 unspecified atom stereocenters. The number of hydrogen-bond acceptors (Lipinski definition) is 3. The quantitative estimate of drug-likeness (QED) is 0.173. The first-order valence-electron chi connectivity index (χ1n) is 13.7. The molecular formula is C31H39F3N2O. The Morgan fingerprint density at radius 1 is 1.11 bits per heavy atom. The van der Waals surface area contributed by atoms with Gasteiger partial charge >= 0.3 is 6.18 Å². The number of aryl methyl sites for hydroxylation is 1. The summed E-state index contributed by atoms with van der Waals surface area (Å²) < 4.78 is 40.4. The van der Waals surface area contributed by atoms with Crippen molar-refractivity contribution in [3.63, 3.8) is 0 Å². The molecule has 1 N–H and O–H groups in total. The van der Waals surface area contributed by atoms with E-state index in [1.54, 1.807) is 37.3 Å². The largest absolute Gasteiger partial charge is 0.416 e. The number of ketones is 1. The van der Waals surface area contributed by atoms with E-state index >= 15 is 0 Å². The molecule has 1 aromatic heterocycles. The first-order chi connectivity index (χ1) is 17.6. The minimum absolute atomic E-state index is 0.0174. The molecule has 1 heterocycles.